The molecule has 0 bridgehead atoms. The molecular formula is C19H25ClN4O2S. The number of benzene rings is 1. The molecule has 0 aliphatic carbocycles. The number of sulfone groups is 1. The Balaban J connectivity index is 0.00000261. The number of halogens is 1. The van der Waals surface area contributed by atoms with Gasteiger partial charge in [0.1, 0.15) is 4.90 Å². The fourth-order valence-electron chi connectivity index (χ4n) is 3.16. The number of fused-ring (bicyclic) bond motifs is 1. The maximum Gasteiger partial charge on any atom is 0.212 e. The molecule has 6 nitrogen and oxygen atoms in total. The highest BCUT2D eigenvalue weighted by Gasteiger charge is 2.29. The predicted octanol–water partition coefficient (Wildman–Crippen LogP) is 3.22. The van der Waals surface area contributed by atoms with Crippen LogP contribution in [0.2, 0.25) is 0 Å². The van der Waals surface area contributed by atoms with E-state index < -0.39 is 9.84 Å². The molecule has 0 spiro atoms. The standard InChI is InChI=1S/C19H24N4O2S.ClH/c1-6-17-18(26(24,25)15-10-8-7-9-11-15)19-20-13(2)16(12-22(4)5)14(3)23(19)21-17;/h7-11H,6,12H2,1-5H3;1H. The van der Waals surface area contributed by atoms with Crippen LogP contribution >= 0.6 is 12.4 Å². The van der Waals surface area contributed by atoms with E-state index >= 15 is 0 Å². The number of hydrogen-bond donors (Lipinski definition) is 0. The van der Waals surface area contributed by atoms with Crippen LogP contribution in [0.4, 0.5) is 0 Å². The number of aromatic nitrogens is 3. The molecule has 1 aromatic carbocycles. The smallest absolute Gasteiger partial charge is 0.212 e. The minimum Gasteiger partial charge on any atom is -0.305 e. The number of hydrogen-bond acceptors (Lipinski definition) is 5. The van der Waals surface area contributed by atoms with Crippen LogP contribution in [0.25, 0.3) is 5.65 Å². The van der Waals surface area contributed by atoms with Gasteiger partial charge in [0.2, 0.25) is 9.84 Å². The first-order valence-electron chi connectivity index (χ1n) is 8.60. The maximum absolute atomic E-state index is 13.3. The van der Waals surface area contributed by atoms with Gasteiger partial charge in [-0.25, -0.2) is 17.9 Å². The summed E-state index contributed by atoms with van der Waals surface area (Å²) in [7, 11) is 0.299. The Morgan fingerprint density at radius 3 is 2.30 bits per heavy atom. The van der Waals surface area contributed by atoms with E-state index in [1.54, 1.807) is 34.8 Å². The van der Waals surface area contributed by atoms with Gasteiger partial charge in [-0.3, -0.25) is 0 Å². The molecule has 0 saturated heterocycles. The number of rotatable bonds is 5. The molecule has 27 heavy (non-hydrogen) atoms. The van der Waals surface area contributed by atoms with E-state index in [1.165, 1.54) is 0 Å². The van der Waals surface area contributed by atoms with Gasteiger partial charge < -0.3 is 4.90 Å². The SMILES string of the molecule is CCc1nn2c(C)c(CN(C)C)c(C)nc2c1S(=O)(=O)c1ccccc1.Cl. The molecule has 0 unspecified atom stereocenters. The zero-order valence-electron chi connectivity index (χ0n) is 16.2. The summed E-state index contributed by atoms with van der Waals surface area (Å²) in [5.74, 6) is 0. The van der Waals surface area contributed by atoms with Crippen molar-refractivity contribution in [2.45, 2.75) is 43.5 Å². The summed E-state index contributed by atoms with van der Waals surface area (Å²) in [6.07, 6.45) is 0.520. The zero-order valence-corrected chi connectivity index (χ0v) is 17.9. The lowest BCUT2D eigenvalue weighted by atomic mass is 10.1. The topological polar surface area (TPSA) is 67.6 Å². The van der Waals surface area contributed by atoms with E-state index in [9.17, 15) is 8.42 Å². The van der Waals surface area contributed by atoms with Crippen LogP contribution in [0, 0.1) is 13.8 Å². The second kappa shape index (κ2) is 7.96. The van der Waals surface area contributed by atoms with Crippen LogP contribution in [0.15, 0.2) is 40.1 Å². The molecule has 3 aromatic rings. The second-order valence-corrected chi connectivity index (χ2v) is 8.57. The van der Waals surface area contributed by atoms with Gasteiger partial charge in [-0.1, -0.05) is 25.1 Å². The number of aryl methyl sites for hydroxylation is 3. The summed E-state index contributed by atoms with van der Waals surface area (Å²) in [5, 5.41) is 4.59. The van der Waals surface area contributed by atoms with Crippen LogP contribution in [0.3, 0.4) is 0 Å². The monoisotopic (exact) mass is 408 g/mol. The Hall–Kier alpha value is -1.96. The summed E-state index contributed by atoms with van der Waals surface area (Å²) >= 11 is 0. The molecule has 0 radical (unpaired) electrons. The van der Waals surface area contributed by atoms with E-state index in [0.717, 1.165) is 23.5 Å². The van der Waals surface area contributed by atoms with E-state index in [2.05, 4.69) is 15.0 Å². The van der Waals surface area contributed by atoms with Crippen molar-refractivity contribution in [2.24, 2.45) is 0 Å². The fourth-order valence-corrected chi connectivity index (χ4v) is 4.77. The van der Waals surface area contributed by atoms with Crippen molar-refractivity contribution in [3.63, 3.8) is 0 Å². The Labute approximate surface area is 166 Å². The number of nitrogens with zero attached hydrogens (tertiary/aromatic N) is 4. The van der Waals surface area contributed by atoms with Crippen molar-refractivity contribution in [1.82, 2.24) is 19.5 Å². The molecule has 0 amide bonds. The zero-order chi connectivity index (χ0) is 19.1. The van der Waals surface area contributed by atoms with Crippen molar-refractivity contribution >= 4 is 27.9 Å². The molecule has 2 aromatic heterocycles. The molecule has 0 atom stereocenters. The van der Waals surface area contributed by atoms with Crippen LogP contribution in [0.1, 0.15) is 29.6 Å². The molecule has 0 N–H and O–H groups in total. The van der Waals surface area contributed by atoms with Crippen molar-refractivity contribution in [3.05, 3.63) is 53.0 Å². The Morgan fingerprint density at radius 1 is 1.11 bits per heavy atom. The first-order valence-corrected chi connectivity index (χ1v) is 10.1. The van der Waals surface area contributed by atoms with E-state index in [1.807, 2.05) is 34.9 Å². The lowest BCUT2D eigenvalue weighted by Crippen LogP contribution is -2.16. The minimum absolute atomic E-state index is 0. The van der Waals surface area contributed by atoms with Gasteiger partial charge in [0.25, 0.3) is 0 Å². The third-order valence-electron chi connectivity index (χ3n) is 4.48. The van der Waals surface area contributed by atoms with Gasteiger partial charge in [0.15, 0.2) is 5.65 Å². The van der Waals surface area contributed by atoms with Gasteiger partial charge in [-0.05, 0) is 46.5 Å². The molecule has 0 aliphatic heterocycles. The molecule has 2 heterocycles. The first kappa shape index (κ1) is 21.3. The second-order valence-electron chi connectivity index (χ2n) is 6.68. The van der Waals surface area contributed by atoms with Crippen LogP contribution in [-0.2, 0) is 22.8 Å². The van der Waals surface area contributed by atoms with Crippen LogP contribution < -0.4 is 0 Å². The lowest BCUT2D eigenvalue weighted by Gasteiger charge is -2.15. The third kappa shape index (κ3) is 3.72. The van der Waals surface area contributed by atoms with Crippen molar-refractivity contribution in [1.29, 1.82) is 0 Å². The molecule has 3 rings (SSSR count). The highest BCUT2D eigenvalue weighted by atomic mass is 35.5. The van der Waals surface area contributed by atoms with Crippen LogP contribution in [-0.4, -0.2) is 42.0 Å². The summed E-state index contributed by atoms with van der Waals surface area (Å²) in [5.41, 5.74) is 3.77. The third-order valence-corrected chi connectivity index (χ3v) is 6.33. The summed E-state index contributed by atoms with van der Waals surface area (Å²) in [6, 6.07) is 8.47. The normalized spacial score (nSPS) is 11.8. The molecule has 0 fully saturated rings. The fraction of sp³-hybridized carbons (Fsp3) is 0.368. The van der Waals surface area contributed by atoms with Gasteiger partial charge in [-0.2, -0.15) is 5.10 Å². The Morgan fingerprint density at radius 2 is 1.74 bits per heavy atom. The van der Waals surface area contributed by atoms with Gasteiger partial charge >= 0.3 is 0 Å². The molecule has 8 heteroatoms. The maximum atomic E-state index is 13.3. The highest BCUT2D eigenvalue weighted by molar-refractivity contribution is 7.91. The lowest BCUT2D eigenvalue weighted by molar-refractivity contribution is 0.398. The first-order chi connectivity index (χ1) is 12.3. The average Bonchev–Trinajstić information content (AvgIpc) is 2.98. The summed E-state index contributed by atoms with van der Waals surface area (Å²) in [6.45, 7) is 6.52. The van der Waals surface area contributed by atoms with E-state index in [4.69, 9.17) is 0 Å². The quantitative estimate of drug-likeness (QED) is 0.648. The van der Waals surface area contributed by atoms with Crippen LogP contribution in [0.5, 0.6) is 0 Å². The predicted molar refractivity (Wildman–Crippen MR) is 108 cm³/mol. The van der Waals surface area contributed by atoms with E-state index in [0.29, 0.717) is 17.8 Å². The van der Waals surface area contributed by atoms with Gasteiger partial charge in [0, 0.05) is 23.5 Å². The molecular weight excluding hydrogens is 384 g/mol. The van der Waals surface area contributed by atoms with Gasteiger partial charge in [-0.15, -0.1) is 12.4 Å². The van der Waals surface area contributed by atoms with Crippen molar-refractivity contribution in [2.75, 3.05) is 14.1 Å². The molecule has 146 valence electrons. The average molecular weight is 409 g/mol. The highest BCUT2D eigenvalue weighted by Crippen LogP contribution is 2.29. The van der Waals surface area contributed by atoms with Gasteiger partial charge in [0.05, 0.1) is 10.6 Å². The minimum atomic E-state index is -3.69. The molecule has 0 aliphatic rings. The summed E-state index contributed by atoms with van der Waals surface area (Å²) in [4.78, 5) is 7.19. The summed E-state index contributed by atoms with van der Waals surface area (Å²) < 4.78 is 28.2. The van der Waals surface area contributed by atoms with E-state index in [-0.39, 0.29) is 22.2 Å². The van der Waals surface area contributed by atoms with Crippen molar-refractivity contribution in [3.8, 4) is 0 Å². The molecule has 0 saturated carbocycles. The Kier molecular flexibility index (Phi) is 6.29. The largest absolute Gasteiger partial charge is 0.305 e. The van der Waals surface area contributed by atoms with Crippen molar-refractivity contribution < 1.29 is 8.42 Å². The Bertz CT molecular complexity index is 1060.